The summed E-state index contributed by atoms with van der Waals surface area (Å²) in [5, 5.41) is 15.0. The van der Waals surface area contributed by atoms with E-state index in [1.54, 1.807) is 24.3 Å². The van der Waals surface area contributed by atoms with Gasteiger partial charge in [0.25, 0.3) is 5.91 Å². The first-order chi connectivity index (χ1) is 14.0. The fraction of sp³-hybridized carbons (Fsp3) is 0.348. The monoisotopic (exact) mass is 394 g/mol. The molecule has 2 unspecified atom stereocenters. The highest BCUT2D eigenvalue weighted by atomic mass is 16.4. The van der Waals surface area contributed by atoms with Crippen LogP contribution < -0.4 is 10.6 Å². The van der Waals surface area contributed by atoms with Gasteiger partial charge >= 0.3 is 5.97 Å². The minimum Gasteiger partial charge on any atom is -0.481 e. The van der Waals surface area contributed by atoms with Gasteiger partial charge in [-0.3, -0.25) is 14.4 Å². The van der Waals surface area contributed by atoms with Crippen molar-refractivity contribution in [3.63, 3.8) is 0 Å². The molecular formula is C23H26N2O4. The number of carbonyl (C=O) groups excluding carboxylic acids is 2. The molecule has 3 N–H and O–H groups in total. The number of hydrogen-bond donors (Lipinski definition) is 3. The van der Waals surface area contributed by atoms with Gasteiger partial charge in [-0.1, -0.05) is 61.4 Å². The van der Waals surface area contributed by atoms with Crippen LogP contribution in [0.1, 0.15) is 47.6 Å². The summed E-state index contributed by atoms with van der Waals surface area (Å²) in [5.74, 6) is -1.52. The summed E-state index contributed by atoms with van der Waals surface area (Å²) in [5.41, 5.74) is 1.34. The molecule has 0 aliphatic heterocycles. The number of hydrogen-bond acceptors (Lipinski definition) is 3. The Bertz CT molecular complexity index is 834. The van der Waals surface area contributed by atoms with Crippen LogP contribution in [0.2, 0.25) is 0 Å². The number of carbonyl (C=O) groups is 3. The SMILES string of the molecule is O=C(CC(NC(=O)c1ccccc1)c1ccccc1)NCC(CC1CC1)C(=O)O. The predicted octanol–water partition coefficient (Wildman–Crippen LogP) is 3.16. The van der Waals surface area contributed by atoms with E-state index in [1.165, 1.54) is 0 Å². The molecule has 0 radical (unpaired) electrons. The van der Waals surface area contributed by atoms with E-state index in [9.17, 15) is 19.5 Å². The molecule has 0 aromatic heterocycles. The molecule has 152 valence electrons. The Morgan fingerprint density at radius 1 is 0.966 bits per heavy atom. The molecule has 2 aromatic rings. The van der Waals surface area contributed by atoms with Crippen LogP contribution in [0.15, 0.2) is 60.7 Å². The molecule has 29 heavy (non-hydrogen) atoms. The Morgan fingerprint density at radius 3 is 2.17 bits per heavy atom. The van der Waals surface area contributed by atoms with Crippen molar-refractivity contribution in [2.45, 2.75) is 31.7 Å². The molecule has 0 heterocycles. The Labute approximate surface area is 170 Å². The summed E-state index contributed by atoms with van der Waals surface area (Å²) in [7, 11) is 0. The van der Waals surface area contributed by atoms with Crippen molar-refractivity contribution in [2.75, 3.05) is 6.54 Å². The third-order valence-electron chi connectivity index (χ3n) is 5.14. The van der Waals surface area contributed by atoms with Gasteiger partial charge in [-0.25, -0.2) is 0 Å². The number of rotatable bonds is 10. The highest BCUT2D eigenvalue weighted by Gasteiger charge is 2.29. The second-order valence-electron chi connectivity index (χ2n) is 7.53. The first-order valence-electron chi connectivity index (χ1n) is 9.93. The fourth-order valence-electron chi connectivity index (χ4n) is 3.29. The van der Waals surface area contributed by atoms with Gasteiger partial charge in [0.05, 0.1) is 18.4 Å². The van der Waals surface area contributed by atoms with E-state index in [4.69, 9.17) is 0 Å². The number of carboxylic acids is 1. The lowest BCUT2D eigenvalue weighted by molar-refractivity contribution is -0.142. The third kappa shape index (κ3) is 6.45. The second-order valence-corrected chi connectivity index (χ2v) is 7.53. The summed E-state index contributed by atoms with van der Waals surface area (Å²) in [6.07, 6.45) is 2.78. The van der Waals surface area contributed by atoms with Gasteiger partial charge in [-0.15, -0.1) is 0 Å². The van der Waals surface area contributed by atoms with Gasteiger partial charge in [0, 0.05) is 12.1 Å². The molecule has 2 atom stereocenters. The minimum atomic E-state index is -0.880. The van der Waals surface area contributed by atoms with Gasteiger partial charge in [0.2, 0.25) is 5.91 Å². The third-order valence-corrected chi connectivity index (χ3v) is 5.14. The maximum absolute atomic E-state index is 12.6. The highest BCUT2D eigenvalue weighted by Crippen LogP contribution is 2.35. The van der Waals surface area contributed by atoms with Crippen LogP contribution in [0.3, 0.4) is 0 Å². The Morgan fingerprint density at radius 2 is 1.59 bits per heavy atom. The highest BCUT2D eigenvalue weighted by molar-refractivity contribution is 5.94. The smallest absolute Gasteiger partial charge is 0.308 e. The maximum atomic E-state index is 12.6. The van der Waals surface area contributed by atoms with Gasteiger partial charge in [-0.2, -0.15) is 0 Å². The molecule has 0 spiro atoms. The largest absolute Gasteiger partial charge is 0.481 e. The molecule has 1 aliphatic rings. The molecule has 1 saturated carbocycles. The van der Waals surface area contributed by atoms with Gasteiger partial charge in [-0.05, 0) is 30.0 Å². The predicted molar refractivity (Wildman–Crippen MR) is 109 cm³/mol. The number of carboxylic acid groups (broad SMARTS) is 1. The van der Waals surface area contributed by atoms with Crippen molar-refractivity contribution in [1.29, 1.82) is 0 Å². The van der Waals surface area contributed by atoms with Crippen molar-refractivity contribution >= 4 is 17.8 Å². The lowest BCUT2D eigenvalue weighted by Gasteiger charge is -2.20. The summed E-state index contributed by atoms with van der Waals surface area (Å²) in [6, 6.07) is 17.6. The molecule has 3 rings (SSSR count). The fourth-order valence-corrected chi connectivity index (χ4v) is 3.29. The standard InChI is InChI=1S/C23H26N2O4/c26-21(24-15-19(23(28)29)13-16-11-12-16)14-20(17-7-3-1-4-8-17)25-22(27)18-9-5-2-6-10-18/h1-10,16,19-20H,11-15H2,(H,24,26)(H,25,27)(H,28,29). The van der Waals surface area contributed by atoms with Crippen LogP contribution in [0.4, 0.5) is 0 Å². The minimum absolute atomic E-state index is 0.0400. The van der Waals surface area contributed by atoms with Gasteiger partial charge in [0.15, 0.2) is 0 Å². The summed E-state index contributed by atoms with van der Waals surface area (Å²) in [4.78, 5) is 36.5. The average molecular weight is 394 g/mol. The zero-order valence-electron chi connectivity index (χ0n) is 16.2. The lowest BCUT2D eigenvalue weighted by Crippen LogP contribution is -2.37. The van der Waals surface area contributed by atoms with Crippen LogP contribution in [0.25, 0.3) is 0 Å². The van der Waals surface area contributed by atoms with Crippen molar-refractivity contribution in [3.8, 4) is 0 Å². The molecule has 0 bridgehead atoms. The van der Waals surface area contributed by atoms with Crippen LogP contribution in [0.5, 0.6) is 0 Å². The van der Waals surface area contributed by atoms with E-state index < -0.39 is 17.9 Å². The Hall–Kier alpha value is -3.15. The number of benzene rings is 2. The van der Waals surface area contributed by atoms with Gasteiger partial charge in [0.1, 0.15) is 0 Å². The molecule has 6 heteroatoms. The maximum Gasteiger partial charge on any atom is 0.308 e. The van der Waals surface area contributed by atoms with Crippen molar-refractivity contribution < 1.29 is 19.5 Å². The van der Waals surface area contributed by atoms with Crippen molar-refractivity contribution in [2.24, 2.45) is 11.8 Å². The topological polar surface area (TPSA) is 95.5 Å². The zero-order valence-corrected chi connectivity index (χ0v) is 16.2. The van der Waals surface area contributed by atoms with E-state index in [0.717, 1.165) is 18.4 Å². The summed E-state index contributed by atoms with van der Waals surface area (Å²) < 4.78 is 0. The molecule has 2 amide bonds. The Balaban J connectivity index is 1.62. The molecule has 1 aliphatic carbocycles. The van der Waals surface area contributed by atoms with E-state index in [-0.39, 0.29) is 24.8 Å². The van der Waals surface area contributed by atoms with Crippen LogP contribution >= 0.6 is 0 Å². The summed E-state index contributed by atoms with van der Waals surface area (Å²) >= 11 is 0. The Kier molecular flexibility index (Phi) is 7.00. The van der Waals surface area contributed by atoms with E-state index in [0.29, 0.717) is 17.9 Å². The first-order valence-corrected chi connectivity index (χ1v) is 9.93. The molecule has 1 fully saturated rings. The average Bonchev–Trinajstić information content (AvgIpc) is 3.56. The van der Waals surface area contributed by atoms with Crippen LogP contribution in [0, 0.1) is 11.8 Å². The number of aliphatic carboxylic acids is 1. The van der Waals surface area contributed by atoms with E-state index in [2.05, 4.69) is 10.6 Å². The second kappa shape index (κ2) is 9.87. The quantitative estimate of drug-likeness (QED) is 0.577. The van der Waals surface area contributed by atoms with E-state index >= 15 is 0 Å². The molecule has 6 nitrogen and oxygen atoms in total. The number of amides is 2. The molecular weight excluding hydrogens is 368 g/mol. The normalized spacial score (nSPS) is 15.2. The van der Waals surface area contributed by atoms with Crippen molar-refractivity contribution in [3.05, 3.63) is 71.8 Å². The van der Waals surface area contributed by atoms with Crippen LogP contribution in [-0.2, 0) is 9.59 Å². The summed E-state index contributed by atoms with van der Waals surface area (Å²) in [6.45, 7) is 0.110. The molecule has 2 aromatic carbocycles. The zero-order chi connectivity index (χ0) is 20.6. The van der Waals surface area contributed by atoms with Gasteiger partial charge < -0.3 is 15.7 Å². The van der Waals surface area contributed by atoms with E-state index in [1.807, 2.05) is 36.4 Å². The van der Waals surface area contributed by atoms with Crippen LogP contribution in [-0.4, -0.2) is 29.4 Å². The first kappa shape index (κ1) is 20.6. The molecule has 0 saturated heterocycles. The van der Waals surface area contributed by atoms with Crippen molar-refractivity contribution in [1.82, 2.24) is 10.6 Å². The number of nitrogens with one attached hydrogen (secondary N) is 2. The lowest BCUT2D eigenvalue weighted by atomic mass is 10.0.